The lowest BCUT2D eigenvalue weighted by atomic mass is 10.2. The number of rotatable bonds is 2. The Morgan fingerprint density at radius 2 is 1.87 bits per heavy atom. The van der Waals surface area contributed by atoms with Crippen molar-refractivity contribution in [1.82, 2.24) is 5.32 Å². The fourth-order valence-corrected chi connectivity index (χ4v) is 2.32. The highest BCUT2D eigenvalue weighted by molar-refractivity contribution is 8.15. The first-order valence-corrected chi connectivity index (χ1v) is 7.07. The van der Waals surface area contributed by atoms with Gasteiger partial charge in [-0.25, -0.2) is 0 Å². The van der Waals surface area contributed by atoms with Crippen molar-refractivity contribution in [3.63, 3.8) is 0 Å². The quantitative estimate of drug-likeness (QED) is 0.505. The fourth-order valence-electron chi connectivity index (χ4n) is 1.69. The van der Waals surface area contributed by atoms with Gasteiger partial charge < -0.3 is 14.8 Å². The van der Waals surface area contributed by atoms with Crippen LogP contribution in [0.3, 0.4) is 0 Å². The minimum atomic E-state index is -4.78. The van der Waals surface area contributed by atoms with Crippen LogP contribution in [-0.4, -0.2) is 35.3 Å². The Balaban J connectivity index is 1.78. The number of thioether (sulfide) groups is 1. The summed E-state index contributed by atoms with van der Waals surface area (Å²) in [4.78, 5) is 10.9. The summed E-state index contributed by atoms with van der Waals surface area (Å²) in [5, 5.41) is 10.1. The minimum Gasteiger partial charge on any atom is -0.421 e. The van der Waals surface area contributed by atoms with Gasteiger partial charge in [-0.1, -0.05) is 11.8 Å². The summed E-state index contributed by atoms with van der Waals surface area (Å²) in [6.07, 6.45) is -8.34. The predicted molar refractivity (Wildman–Crippen MR) is 73.2 cm³/mol. The molecule has 1 amide bonds. The summed E-state index contributed by atoms with van der Waals surface area (Å²) in [5.74, 6) is -1.02. The van der Waals surface area contributed by atoms with Crippen molar-refractivity contribution in [3.8, 4) is 11.5 Å². The number of nitrogens with zero attached hydrogens (tertiary/aromatic N) is 2. The average molecular weight is 349 g/mol. The van der Waals surface area contributed by atoms with Crippen molar-refractivity contribution in [2.45, 2.75) is 12.2 Å². The van der Waals surface area contributed by atoms with Crippen LogP contribution in [0.1, 0.15) is 5.56 Å². The first-order valence-electron chi connectivity index (χ1n) is 6.08. The van der Waals surface area contributed by atoms with E-state index in [1.165, 1.54) is 12.3 Å². The Hall–Kier alpha value is -2.30. The van der Waals surface area contributed by atoms with Crippen LogP contribution in [0, 0.1) is 0 Å². The van der Waals surface area contributed by atoms with Crippen LogP contribution >= 0.6 is 11.8 Å². The molecule has 1 N–H and O–H groups in total. The largest absolute Gasteiger partial charge is 0.507 e. The molecule has 0 aromatic heterocycles. The zero-order valence-electron chi connectivity index (χ0n) is 11.1. The van der Waals surface area contributed by atoms with Gasteiger partial charge in [0.15, 0.2) is 16.7 Å². The van der Waals surface area contributed by atoms with Crippen molar-refractivity contribution >= 4 is 29.1 Å². The molecule has 6 nitrogen and oxygen atoms in total. The molecule has 1 saturated heterocycles. The van der Waals surface area contributed by atoms with Gasteiger partial charge in [-0.05, 0) is 23.8 Å². The van der Waals surface area contributed by atoms with E-state index in [1.807, 2.05) is 0 Å². The number of carbonyl (C=O) groups is 1. The number of hydrogen-bond acceptors (Lipinski definition) is 6. The van der Waals surface area contributed by atoms with Crippen molar-refractivity contribution < 1.29 is 31.8 Å². The molecular weight excluding hydrogens is 342 g/mol. The molecule has 2 aliphatic rings. The number of carbonyl (C=O) groups excluding carboxylic acids is 1. The van der Waals surface area contributed by atoms with Gasteiger partial charge >= 0.3 is 12.2 Å². The van der Waals surface area contributed by atoms with E-state index in [-0.39, 0.29) is 17.2 Å². The van der Waals surface area contributed by atoms with E-state index in [4.69, 9.17) is 0 Å². The first-order chi connectivity index (χ1) is 10.8. The van der Waals surface area contributed by atoms with Crippen LogP contribution in [0.4, 0.5) is 17.6 Å². The fraction of sp³-hybridized carbons (Fsp3) is 0.250. The Morgan fingerprint density at radius 1 is 1.17 bits per heavy atom. The average Bonchev–Trinajstić information content (AvgIpc) is 2.85. The second-order valence-corrected chi connectivity index (χ2v) is 5.39. The number of benzene rings is 1. The van der Waals surface area contributed by atoms with Crippen molar-refractivity contribution in [1.29, 1.82) is 0 Å². The molecule has 1 aromatic carbocycles. The van der Waals surface area contributed by atoms with Gasteiger partial charge in [0.2, 0.25) is 5.91 Å². The maximum absolute atomic E-state index is 13.1. The summed E-state index contributed by atoms with van der Waals surface area (Å²) in [7, 11) is 0. The molecule has 0 saturated carbocycles. The lowest BCUT2D eigenvalue weighted by Gasteiger charge is -2.31. The Kier molecular flexibility index (Phi) is 3.66. The Morgan fingerprint density at radius 3 is 2.52 bits per heavy atom. The maximum atomic E-state index is 13.1. The van der Waals surface area contributed by atoms with Crippen LogP contribution in [0.2, 0.25) is 0 Å². The van der Waals surface area contributed by atoms with Crippen molar-refractivity contribution in [2.75, 3.05) is 5.75 Å². The van der Waals surface area contributed by atoms with E-state index in [2.05, 4.69) is 25.0 Å². The van der Waals surface area contributed by atoms with Crippen molar-refractivity contribution in [3.05, 3.63) is 23.8 Å². The van der Waals surface area contributed by atoms with E-state index in [9.17, 15) is 22.4 Å². The van der Waals surface area contributed by atoms with Gasteiger partial charge in [0.1, 0.15) is 0 Å². The van der Waals surface area contributed by atoms with E-state index >= 15 is 0 Å². The summed E-state index contributed by atoms with van der Waals surface area (Å²) in [6.45, 7) is 0. The van der Waals surface area contributed by atoms with Crippen LogP contribution in [0.25, 0.3) is 0 Å². The molecule has 0 spiro atoms. The van der Waals surface area contributed by atoms with Gasteiger partial charge in [0.25, 0.3) is 0 Å². The smallest absolute Gasteiger partial charge is 0.421 e. The molecular formula is C12H7F4N3O3S. The van der Waals surface area contributed by atoms with Gasteiger partial charge in [-0.15, -0.1) is 5.10 Å². The minimum absolute atomic E-state index is 0.202. The number of ether oxygens (including phenoxy) is 2. The summed E-state index contributed by atoms with van der Waals surface area (Å²) >= 11 is 1.16. The summed E-state index contributed by atoms with van der Waals surface area (Å²) < 4.78 is 60.1. The molecule has 0 unspecified atom stereocenters. The summed E-state index contributed by atoms with van der Waals surface area (Å²) in [5.41, 5.74) is 0.270. The molecule has 0 bridgehead atoms. The highest BCUT2D eigenvalue weighted by Crippen LogP contribution is 2.46. The Bertz CT molecular complexity index is 724. The highest BCUT2D eigenvalue weighted by Gasteiger charge is 2.65. The number of amidine groups is 1. The molecule has 11 heteroatoms. The van der Waals surface area contributed by atoms with Gasteiger partial charge in [-0.3, -0.25) is 4.79 Å². The molecule has 0 radical (unpaired) electrons. The van der Waals surface area contributed by atoms with Crippen LogP contribution in [0.15, 0.2) is 28.4 Å². The summed E-state index contributed by atoms with van der Waals surface area (Å²) in [6, 6.07) is 3.42. The molecule has 0 atom stereocenters. The first kappa shape index (κ1) is 15.6. The highest BCUT2D eigenvalue weighted by atomic mass is 32.2. The third kappa shape index (κ3) is 3.09. The molecule has 2 heterocycles. The second-order valence-electron chi connectivity index (χ2n) is 4.43. The topological polar surface area (TPSA) is 72.3 Å². The third-order valence-electron chi connectivity index (χ3n) is 2.72. The van der Waals surface area contributed by atoms with Crippen LogP contribution in [-0.2, 0) is 4.79 Å². The number of fused-ring (bicyclic) bond motifs is 1. The van der Waals surface area contributed by atoms with Gasteiger partial charge in [0.05, 0.1) is 12.0 Å². The molecule has 0 aliphatic carbocycles. The van der Waals surface area contributed by atoms with Crippen LogP contribution in [0.5, 0.6) is 11.5 Å². The van der Waals surface area contributed by atoms with Gasteiger partial charge in [-0.2, -0.15) is 22.7 Å². The normalized spacial score (nSPS) is 23.3. The van der Waals surface area contributed by atoms with E-state index in [0.29, 0.717) is 5.17 Å². The molecule has 1 fully saturated rings. The monoisotopic (exact) mass is 349 g/mol. The molecule has 2 aliphatic heterocycles. The zero-order chi connectivity index (χ0) is 16.7. The molecule has 3 rings (SSSR count). The molecule has 122 valence electrons. The lowest BCUT2D eigenvalue weighted by molar-refractivity contribution is -0.391. The van der Waals surface area contributed by atoms with Crippen molar-refractivity contribution in [2.24, 2.45) is 10.2 Å². The third-order valence-corrected chi connectivity index (χ3v) is 3.59. The molecule has 1 aromatic rings. The number of alkyl halides is 4. The Labute approximate surface area is 130 Å². The maximum Gasteiger partial charge on any atom is 0.507 e. The van der Waals surface area contributed by atoms with Gasteiger partial charge in [0, 0.05) is 0 Å². The lowest BCUT2D eigenvalue weighted by Crippen LogP contribution is -2.52. The predicted octanol–water partition coefficient (Wildman–Crippen LogP) is 2.20. The number of nitrogens with one attached hydrogen (secondary N) is 1. The van der Waals surface area contributed by atoms with E-state index in [0.717, 1.165) is 23.9 Å². The zero-order valence-corrected chi connectivity index (χ0v) is 11.9. The molecule has 23 heavy (non-hydrogen) atoms. The number of hydrogen-bond donors (Lipinski definition) is 1. The second kappa shape index (κ2) is 5.41. The SMILES string of the molecule is O=C1CSC(=NN=Cc2ccc3c(c2)OC(F)(F)C(F)(F)O3)N1. The van der Waals surface area contributed by atoms with E-state index < -0.39 is 23.7 Å². The number of amides is 1. The van der Waals surface area contributed by atoms with Crippen LogP contribution < -0.4 is 14.8 Å². The van der Waals surface area contributed by atoms with E-state index in [1.54, 1.807) is 0 Å². The number of halogens is 4. The standard InChI is InChI=1S/C12H7F4N3O3S/c13-11(14)12(15,16)22-8-3-6(1-2-7(8)21-11)4-17-19-10-18-9(20)5-23-10/h1-4H,5H2,(H,18,19,20).